The monoisotopic (exact) mass is 219 g/mol. The molecule has 7 heteroatoms. The Morgan fingerprint density at radius 1 is 1.60 bits per heavy atom. The topological polar surface area (TPSA) is 46.9 Å². The molecule has 0 saturated heterocycles. The number of hydrogen-bond acceptors (Lipinski definition) is 3. The van der Waals surface area contributed by atoms with Crippen LogP contribution in [0.4, 0.5) is 19.0 Å². The van der Waals surface area contributed by atoms with Crippen LogP contribution in [0, 0.1) is 0 Å². The van der Waals surface area contributed by atoms with Gasteiger partial charge in [-0.15, -0.1) is 0 Å². The zero-order valence-electron chi connectivity index (χ0n) is 7.58. The molecule has 0 saturated carbocycles. The van der Waals surface area contributed by atoms with Crippen molar-refractivity contribution in [1.82, 2.24) is 9.78 Å². The zero-order chi connectivity index (χ0) is 11.1. The lowest BCUT2D eigenvalue weighted by Gasteiger charge is -2.27. The van der Waals surface area contributed by atoms with E-state index in [2.05, 4.69) is 10.4 Å². The van der Waals surface area contributed by atoms with Crippen molar-refractivity contribution < 1.29 is 18.0 Å². The van der Waals surface area contributed by atoms with Crippen LogP contribution in [0.25, 0.3) is 0 Å². The van der Waals surface area contributed by atoms with Gasteiger partial charge in [-0.2, -0.15) is 18.3 Å². The predicted molar refractivity (Wildman–Crippen MR) is 45.8 cm³/mol. The molecular formula is C8H8F3N3O. The van der Waals surface area contributed by atoms with E-state index < -0.39 is 12.2 Å². The summed E-state index contributed by atoms with van der Waals surface area (Å²) in [4.78, 5) is 10.5. The van der Waals surface area contributed by atoms with Crippen molar-refractivity contribution in [3.8, 4) is 0 Å². The van der Waals surface area contributed by atoms with Gasteiger partial charge in [0.1, 0.15) is 5.82 Å². The van der Waals surface area contributed by atoms with Gasteiger partial charge in [-0.25, -0.2) is 4.68 Å². The molecule has 1 aromatic rings. The van der Waals surface area contributed by atoms with Gasteiger partial charge in [-0.1, -0.05) is 0 Å². The average molecular weight is 219 g/mol. The fourth-order valence-electron chi connectivity index (χ4n) is 1.63. The molecule has 2 heterocycles. The number of aromatic nitrogens is 2. The summed E-state index contributed by atoms with van der Waals surface area (Å²) < 4.78 is 38.5. The molecule has 0 fully saturated rings. The molecule has 2 rings (SSSR count). The Labute approximate surface area is 83.1 Å². The molecule has 4 nitrogen and oxygen atoms in total. The minimum atomic E-state index is -4.33. The van der Waals surface area contributed by atoms with Crippen molar-refractivity contribution in [2.24, 2.45) is 0 Å². The van der Waals surface area contributed by atoms with Gasteiger partial charge < -0.3 is 5.32 Å². The van der Waals surface area contributed by atoms with E-state index in [1.54, 1.807) is 0 Å². The van der Waals surface area contributed by atoms with Gasteiger partial charge >= 0.3 is 6.18 Å². The molecule has 1 N–H and O–H groups in total. The lowest BCUT2D eigenvalue weighted by atomic mass is 10.1. The molecule has 82 valence electrons. The normalized spacial score (nSPS) is 20.6. The molecule has 0 aliphatic carbocycles. The molecule has 0 bridgehead atoms. The Kier molecular flexibility index (Phi) is 2.17. The van der Waals surface area contributed by atoms with Crippen LogP contribution in [0.2, 0.25) is 0 Å². The highest BCUT2D eigenvalue weighted by atomic mass is 19.4. The minimum absolute atomic E-state index is 0.0729. The number of nitrogens with one attached hydrogen (secondary N) is 1. The van der Waals surface area contributed by atoms with E-state index in [0.717, 1.165) is 10.9 Å². The molecule has 0 radical (unpaired) electrons. The highest BCUT2D eigenvalue weighted by molar-refractivity contribution is 5.82. The van der Waals surface area contributed by atoms with Crippen LogP contribution in [0.15, 0.2) is 6.20 Å². The van der Waals surface area contributed by atoms with Crippen LogP contribution >= 0.6 is 0 Å². The third kappa shape index (κ3) is 1.57. The minimum Gasteiger partial charge on any atom is -0.370 e. The summed E-state index contributed by atoms with van der Waals surface area (Å²) in [5.41, 5.74) is 0.156. The summed E-state index contributed by atoms with van der Waals surface area (Å²) in [5, 5.41) is 6.31. The third-order valence-electron chi connectivity index (χ3n) is 2.33. The van der Waals surface area contributed by atoms with E-state index in [0.29, 0.717) is 6.29 Å². The van der Waals surface area contributed by atoms with Gasteiger partial charge in [-0.3, -0.25) is 4.79 Å². The SMILES string of the molecule is O=Cc1cnn2c1NCCC2C(F)(F)F. The van der Waals surface area contributed by atoms with E-state index in [1.807, 2.05) is 0 Å². The molecule has 0 spiro atoms. The van der Waals surface area contributed by atoms with Crippen LogP contribution in [0.3, 0.4) is 0 Å². The number of alkyl halides is 3. The number of carbonyl (C=O) groups is 1. The number of hydrogen-bond donors (Lipinski definition) is 1. The lowest BCUT2D eigenvalue weighted by Crippen LogP contribution is -2.34. The maximum Gasteiger partial charge on any atom is 0.410 e. The van der Waals surface area contributed by atoms with Crippen LogP contribution in [0.1, 0.15) is 22.8 Å². The second-order valence-electron chi connectivity index (χ2n) is 3.28. The Morgan fingerprint density at radius 3 is 2.93 bits per heavy atom. The van der Waals surface area contributed by atoms with Crippen molar-refractivity contribution in [1.29, 1.82) is 0 Å². The number of carbonyl (C=O) groups excluding carboxylic acids is 1. The van der Waals surface area contributed by atoms with Crippen molar-refractivity contribution in [2.75, 3.05) is 11.9 Å². The van der Waals surface area contributed by atoms with Crippen molar-refractivity contribution in [3.63, 3.8) is 0 Å². The van der Waals surface area contributed by atoms with E-state index in [9.17, 15) is 18.0 Å². The van der Waals surface area contributed by atoms with Crippen LogP contribution in [0.5, 0.6) is 0 Å². The lowest BCUT2D eigenvalue weighted by molar-refractivity contribution is -0.171. The number of anilines is 1. The van der Waals surface area contributed by atoms with Crippen LogP contribution in [-0.4, -0.2) is 28.8 Å². The van der Waals surface area contributed by atoms with Gasteiger partial charge in [0.15, 0.2) is 12.3 Å². The van der Waals surface area contributed by atoms with E-state index in [1.165, 1.54) is 0 Å². The standard InChI is InChI=1S/C8H8F3N3O/c9-8(10,11)6-1-2-12-7-5(4-15)3-13-14(6)7/h3-4,6,12H,1-2H2. The Hall–Kier alpha value is -1.53. The highest BCUT2D eigenvalue weighted by Crippen LogP contribution is 2.37. The Balaban J connectivity index is 2.44. The van der Waals surface area contributed by atoms with Crippen LogP contribution in [-0.2, 0) is 0 Å². The maximum absolute atomic E-state index is 12.6. The first-order valence-electron chi connectivity index (χ1n) is 4.37. The third-order valence-corrected chi connectivity index (χ3v) is 2.33. The molecule has 1 aliphatic rings. The molecule has 1 aliphatic heterocycles. The second kappa shape index (κ2) is 3.25. The smallest absolute Gasteiger partial charge is 0.370 e. The number of halogens is 3. The summed E-state index contributed by atoms with van der Waals surface area (Å²) in [5.74, 6) is 0.151. The van der Waals surface area contributed by atoms with Crippen molar-refractivity contribution in [2.45, 2.75) is 18.6 Å². The molecule has 15 heavy (non-hydrogen) atoms. The molecule has 1 atom stereocenters. The quantitative estimate of drug-likeness (QED) is 0.730. The van der Waals surface area contributed by atoms with Gasteiger partial charge in [0.25, 0.3) is 0 Å². The average Bonchev–Trinajstić information content (AvgIpc) is 2.58. The Bertz CT molecular complexity index is 385. The predicted octanol–water partition coefficient (Wildman–Crippen LogP) is 1.61. The molecular weight excluding hydrogens is 211 g/mol. The number of nitrogens with zero attached hydrogens (tertiary/aromatic N) is 2. The molecule has 1 aromatic heterocycles. The zero-order valence-corrected chi connectivity index (χ0v) is 7.58. The maximum atomic E-state index is 12.6. The van der Waals surface area contributed by atoms with Gasteiger partial charge in [0.2, 0.25) is 0 Å². The summed E-state index contributed by atoms with van der Waals surface area (Å²) >= 11 is 0. The van der Waals surface area contributed by atoms with E-state index >= 15 is 0 Å². The summed E-state index contributed by atoms with van der Waals surface area (Å²) in [6.45, 7) is 0.191. The fourth-order valence-corrected chi connectivity index (χ4v) is 1.63. The summed E-state index contributed by atoms with van der Waals surface area (Å²) in [7, 11) is 0. The highest BCUT2D eigenvalue weighted by Gasteiger charge is 2.44. The van der Waals surface area contributed by atoms with Crippen molar-refractivity contribution in [3.05, 3.63) is 11.8 Å². The van der Waals surface area contributed by atoms with Crippen LogP contribution < -0.4 is 5.32 Å². The molecule has 0 aromatic carbocycles. The largest absolute Gasteiger partial charge is 0.410 e. The first kappa shape index (κ1) is 10.0. The molecule has 1 unspecified atom stereocenters. The second-order valence-corrected chi connectivity index (χ2v) is 3.28. The van der Waals surface area contributed by atoms with Crippen molar-refractivity contribution >= 4 is 12.1 Å². The number of aldehydes is 1. The van der Waals surface area contributed by atoms with Gasteiger partial charge in [0.05, 0.1) is 11.8 Å². The molecule has 0 amide bonds. The van der Waals surface area contributed by atoms with Gasteiger partial charge in [-0.05, 0) is 6.42 Å². The summed E-state index contributed by atoms with van der Waals surface area (Å²) in [6.07, 6.45) is -2.77. The first-order chi connectivity index (χ1) is 7.04. The van der Waals surface area contributed by atoms with E-state index in [4.69, 9.17) is 0 Å². The fraction of sp³-hybridized carbons (Fsp3) is 0.500. The number of fused-ring (bicyclic) bond motifs is 1. The Morgan fingerprint density at radius 2 is 2.33 bits per heavy atom. The first-order valence-corrected chi connectivity index (χ1v) is 4.37. The van der Waals surface area contributed by atoms with E-state index in [-0.39, 0.29) is 24.3 Å². The van der Waals surface area contributed by atoms with Gasteiger partial charge in [0, 0.05) is 6.54 Å². The number of rotatable bonds is 1. The summed E-state index contributed by atoms with van der Waals surface area (Å²) in [6, 6.07) is -1.64.